The van der Waals surface area contributed by atoms with Gasteiger partial charge in [-0.15, -0.1) is 6.58 Å². The van der Waals surface area contributed by atoms with Gasteiger partial charge in [-0.05, 0) is 31.2 Å². The van der Waals surface area contributed by atoms with Crippen molar-refractivity contribution in [1.29, 1.82) is 0 Å². The summed E-state index contributed by atoms with van der Waals surface area (Å²) in [6.07, 6.45) is 1.63. The van der Waals surface area contributed by atoms with E-state index in [1.807, 2.05) is 24.3 Å². The van der Waals surface area contributed by atoms with Gasteiger partial charge in [-0.25, -0.2) is 0 Å². The van der Waals surface area contributed by atoms with Gasteiger partial charge in [-0.3, -0.25) is 4.79 Å². The molecule has 1 aromatic rings. The second kappa shape index (κ2) is 8.32. The van der Waals surface area contributed by atoms with Crippen LogP contribution in [-0.4, -0.2) is 25.6 Å². The number of carbonyl (C=O) groups excluding carboxylic acids is 1. The summed E-state index contributed by atoms with van der Waals surface area (Å²) >= 11 is 0. The standard InChI is InChI=1S/C15H22N2O2/c1-4-10-17-15(18)11-19-14-8-6-13(7-9-14)12(3)16-5-2/h4,6-9,12,16H,1,5,10-11H2,2-3H3,(H,17,18). The number of carbonyl (C=O) groups is 1. The monoisotopic (exact) mass is 262 g/mol. The highest BCUT2D eigenvalue weighted by Crippen LogP contribution is 2.17. The average molecular weight is 262 g/mol. The van der Waals surface area contributed by atoms with Gasteiger partial charge in [0.25, 0.3) is 5.91 Å². The van der Waals surface area contributed by atoms with Crippen molar-refractivity contribution in [2.75, 3.05) is 19.7 Å². The van der Waals surface area contributed by atoms with Crippen LogP contribution >= 0.6 is 0 Å². The quantitative estimate of drug-likeness (QED) is 0.705. The molecule has 0 heterocycles. The van der Waals surface area contributed by atoms with Crippen LogP contribution in [0.4, 0.5) is 0 Å². The number of rotatable bonds is 8. The van der Waals surface area contributed by atoms with Gasteiger partial charge < -0.3 is 15.4 Å². The molecule has 1 aromatic carbocycles. The number of benzene rings is 1. The first-order valence-electron chi connectivity index (χ1n) is 6.51. The smallest absolute Gasteiger partial charge is 0.258 e. The third-order valence-electron chi connectivity index (χ3n) is 2.70. The van der Waals surface area contributed by atoms with E-state index in [1.54, 1.807) is 6.08 Å². The van der Waals surface area contributed by atoms with E-state index in [1.165, 1.54) is 5.56 Å². The molecule has 4 heteroatoms. The number of ether oxygens (including phenoxy) is 1. The Labute approximate surface area is 114 Å². The van der Waals surface area contributed by atoms with Crippen LogP contribution in [0.5, 0.6) is 5.75 Å². The fourth-order valence-corrected chi connectivity index (χ4v) is 1.66. The van der Waals surface area contributed by atoms with Crippen LogP contribution in [0.3, 0.4) is 0 Å². The van der Waals surface area contributed by atoms with Crippen molar-refractivity contribution in [2.24, 2.45) is 0 Å². The Bertz CT molecular complexity index is 401. The van der Waals surface area contributed by atoms with Gasteiger partial charge in [0.15, 0.2) is 6.61 Å². The van der Waals surface area contributed by atoms with E-state index < -0.39 is 0 Å². The van der Waals surface area contributed by atoms with E-state index >= 15 is 0 Å². The van der Waals surface area contributed by atoms with Crippen LogP contribution in [0.1, 0.15) is 25.5 Å². The normalized spacial score (nSPS) is 11.7. The largest absolute Gasteiger partial charge is 0.484 e. The fourth-order valence-electron chi connectivity index (χ4n) is 1.66. The van der Waals surface area contributed by atoms with Crippen molar-refractivity contribution in [3.63, 3.8) is 0 Å². The van der Waals surface area contributed by atoms with Gasteiger partial charge >= 0.3 is 0 Å². The minimum atomic E-state index is -0.148. The fraction of sp³-hybridized carbons (Fsp3) is 0.400. The molecule has 1 rings (SSSR count). The maximum atomic E-state index is 11.3. The first-order chi connectivity index (χ1) is 9.17. The lowest BCUT2D eigenvalue weighted by Crippen LogP contribution is -2.28. The lowest BCUT2D eigenvalue weighted by Gasteiger charge is -2.13. The molecule has 0 aliphatic heterocycles. The molecule has 1 amide bonds. The lowest BCUT2D eigenvalue weighted by molar-refractivity contribution is -0.122. The first-order valence-corrected chi connectivity index (χ1v) is 6.51. The minimum Gasteiger partial charge on any atom is -0.484 e. The van der Waals surface area contributed by atoms with E-state index in [9.17, 15) is 4.79 Å². The molecule has 104 valence electrons. The van der Waals surface area contributed by atoms with E-state index in [2.05, 4.69) is 31.1 Å². The number of amides is 1. The second-order valence-corrected chi connectivity index (χ2v) is 4.23. The SMILES string of the molecule is C=CCNC(=O)COc1ccc(C(C)NCC)cc1. The third-order valence-corrected chi connectivity index (χ3v) is 2.70. The van der Waals surface area contributed by atoms with Crippen LogP contribution in [-0.2, 0) is 4.79 Å². The van der Waals surface area contributed by atoms with Gasteiger partial charge in [0.05, 0.1) is 0 Å². The molecule has 0 aliphatic carbocycles. The summed E-state index contributed by atoms with van der Waals surface area (Å²) in [5, 5.41) is 6.00. The molecule has 0 bridgehead atoms. The summed E-state index contributed by atoms with van der Waals surface area (Å²) in [5.41, 5.74) is 1.20. The average Bonchev–Trinajstić information content (AvgIpc) is 2.43. The minimum absolute atomic E-state index is 0.0238. The van der Waals surface area contributed by atoms with Crippen LogP contribution in [0, 0.1) is 0 Å². The molecule has 1 atom stereocenters. The zero-order chi connectivity index (χ0) is 14.1. The zero-order valence-corrected chi connectivity index (χ0v) is 11.6. The molecule has 0 radical (unpaired) electrons. The summed E-state index contributed by atoms with van der Waals surface area (Å²) in [5.74, 6) is 0.547. The molecule has 0 saturated heterocycles. The predicted octanol–water partition coefficient (Wildman–Crippen LogP) is 2.04. The molecule has 4 nitrogen and oxygen atoms in total. The molecule has 0 aromatic heterocycles. The van der Waals surface area contributed by atoms with E-state index in [4.69, 9.17) is 4.74 Å². The first kappa shape index (κ1) is 15.2. The lowest BCUT2D eigenvalue weighted by atomic mass is 10.1. The van der Waals surface area contributed by atoms with Crippen molar-refractivity contribution < 1.29 is 9.53 Å². The Morgan fingerprint density at radius 1 is 1.42 bits per heavy atom. The zero-order valence-electron chi connectivity index (χ0n) is 11.6. The molecule has 0 fully saturated rings. The van der Waals surface area contributed by atoms with E-state index in [-0.39, 0.29) is 12.5 Å². The van der Waals surface area contributed by atoms with Crippen molar-refractivity contribution in [1.82, 2.24) is 10.6 Å². The molecular weight excluding hydrogens is 240 g/mol. The second-order valence-electron chi connectivity index (χ2n) is 4.23. The predicted molar refractivity (Wildman–Crippen MR) is 77.2 cm³/mol. The van der Waals surface area contributed by atoms with Gasteiger partial charge in [0, 0.05) is 12.6 Å². The van der Waals surface area contributed by atoms with Crippen molar-refractivity contribution in [2.45, 2.75) is 19.9 Å². The summed E-state index contributed by atoms with van der Waals surface area (Å²) in [4.78, 5) is 11.3. The van der Waals surface area contributed by atoms with Gasteiger partial charge in [0.1, 0.15) is 5.75 Å². The van der Waals surface area contributed by atoms with Crippen LogP contribution in [0.15, 0.2) is 36.9 Å². The molecule has 0 aliphatic rings. The third kappa shape index (κ3) is 5.57. The Hall–Kier alpha value is -1.81. The summed E-state index contributed by atoms with van der Waals surface area (Å²) in [6, 6.07) is 8.08. The maximum Gasteiger partial charge on any atom is 0.258 e. The summed E-state index contributed by atoms with van der Waals surface area (Å²) in [6.45, 7) is 9.14. The Morgan fingerprint density at radius 3 is 2.68 bits per heavy atom. The van der Waals surface area contributed by atoms with Crippen LogP contribution in [0.2, 0.25) is 0 Å². The Balaban J connectivity index is 2.43. The number of hydrogen-bond donors (Lipinski definition) is 2. The Kier molecular flexibility index (Phi) is 6.68. The van der Waals surface area contributed by atoms with Gasteiger partial charge in [-0.2, -0.15) is 0 Å². The highest BCUT2D eigenvalue weighted by atomic mass is 16.5. The highest BCUT2D eigenvalue weighted by Gasteiger charge is 2.04. The van der Waals surface area contributed by atoms with E-state index in [0.717, 1.165) is 6.54 Å². The molecule has 0 spiro atoms. The van der Waals surface area contributed by atoms with Gasteiger partial charge in [0.2, 0.25) is 0 Å². The van der Waals surface area contributed by atoms with Crippen LogP contribution < -0.4 is 15.4 Å². The molecule has 2 N–H and O–H groups in total. The van der Waals surface area contributed by atoms with E-state index in [0.29, 0.717) is 18.3 Å². The number of nitrogens with one attached hydrogen (secondary N) is 2. The molecule has 1 unspecified atom stereocenters. The topological polar surface area (TPSA) is 50.4 Å². The van der Waals surface area contributed by atoms with Gasteiger partial charge in [-0.1, -0.05) is 25.1 Å². The maximum absolute atomic E-state index is 11.3. The number of hydrogen-bond acceptors (Lipinski definition) is 3. The highest BCUT2D eigenvalue weighted by molar-refractivity contribution is 5.77. The van der Waals surface area contributed by atoms with Crippen LogP contribution in [0.25, 0.3) is 0 Å². The summed E-state index contributed by atoms with van der Waals surface area (Å²) in [7, 11) is 0. The van der Waals surface area contributed by atoms with Crippen molar-refractivity contribution in [3.05, 3.63) is 42.5 Å². The van der Waals surface area contributed by atoms with Crippen molar-refractivity contribution >= 4 is 5.91 Å². The molecule has 19 heavy (non-hydrogen) atoms. The van der Waals surface area contributed by atoms with Crippen molar-refractivity contribution in [3.8, 4) is 5.75 Å². The summed E-state index contributed by atoms with van der Waals surface area (Å²) < 4.78 is 5.39. The molecule has 0 saturated carbocycles. The molecular formula is C15H22N2O2. The Morgan fingerprint density at radius 2 is 2.11 bits per heavy atom.